The molecule has 0 fully saturated rings. The minimum Gasteiger partial charge on any atom is -0.392 e. The van der Waals surface area contributed by atoms with Gasteiger partial charge in [-0.25, -0.2) is 0 Å². The minimum atomic E-state index is -0.214. The molecule has 3 heteroatoms. The second-order valence-corrected chi connectivity index (χ2v) is 5.10. The van der Waals surface area contributed by atoms with E-state index in [2.05, 4.69) is 35.8 Å². The summed E-state index contributed by atoms with van der Waals surface area (Å²) in [6.07, 6.45) is 4.09. The maximum atomic E-state index is 9.65. The van der Waals surface area contributed by atoms with Gasteiger partial charge in [0.2, 0.25) is 0 Å². The molecule has 2 rings (SSSR count). The lowest BCUT2D eigenvalue weighted by Gasteiger charge is -2.19. The molecule has 0 spiro atoms. The normalized spacial score (nSPS) is 15.9. The van der Waals surface area contributed by atoms with Gasteiger partial charge in [-0.1, -0.05) is 25.5 Å². The van der Waals surface area contributed by atoms with Gasteiger partial charge in [0.1, 0.15) is 0 Å². The molecule has 18 heavy (non-hydrogen) atoms. The fourth-order valence-electron chi connectivity index (χ4n) is 2.46. The van der Waals surface area contributed by atoms with Gasteiger partial charge in [-0.15, -0.1) is 0 Å². The van der Waals surface area contributed by atoms with Crippen LogP contribution >= 0.6 is 0 Å². The molecule has 1 unspecified atom stereocenters. The largest absolute Gasteiger partial charge is 0.392 e. The van der Waals surface area contributed by atoms with Crippen molar-refractivity contribution >= 4 is 5.69 Å². The van der Waals surface area contributed by atoms with Crippen molar-refractivity contribution in [2.24, 2.45) is 0 Å². The van der Waals surface area contributed by atoms with E-state index in [9.17, 15) is 5.11 Å². The molecule has 0 amide bonds. The summed E-state index contributed by atoms with van der Waals surface area (Å²) < 4.78 is 0. The van der Waals surface area contributed by atoms with Crippen LogP contribution in [-0.4, -0.2) is 24.3 Å². The number of nitrogens with one attached hydrogen (secondary N) is 2. The summed E-state index contributed by atoms with van der Waals surface area (Å²) in [5.74, 6) is 0. The molecular weight excluding hydrogens is 224 g/mol. The highest BCUT2D eigenvalue weighted by atomic mass is 16.3. The van der Waals surface area contributed by atoms with Gasteiger partial charge in [0, 0.05) is 25.3 Å². The number of hydrogen-bond acceptors (Lipinski definition) is 3. The van der Waals surface area contributed by atoms with Crippen LogP contribution in [0.5, 0.6) is 0 Å². The molecule has 3 N–H and O–H groups in total. The summed E-state index contributed by atoms with van der Waals surface area (Å²) in [4.78, 5) is 0. The molecule has 0 radical (unpaired) electrons. The van der Waals surface area contributed by atoms with Gasteiger partial charge in [0.15, 0.2) is 0 Å². The molecule has 1 aromatic rings. The molecule has 100 valence electrons. The first-order valence-electron chi connectivity index (χ1n) is 7.04. The number of aliphatic hydroxyl groups excluding tert-OH is 1. The molecule has 1 aliphatic heterocycles. The van der Waals surface area contributed by atoms with Crippen molar-refractivity contribution in [3.8, 4) is 0 Å². The van der Waals surface area contributed by atoms with E-state index in [0.29, 0.717) is 6.54 Å². The van der Waals surface area contributed by atoms with E-state index >= 15 is 0 Å². The Hall–Kier alpha value is -1.06. The monoisotopic (exact) mass is 248 g/mol. The molecule has 0 aromatic heterocycles. The van der Waals surface area contributed by atoms with Gasteiger partial charge in [-0.05, 0) is 36.5 Å². The van der Waals surface area contributed by atoms with Crippen molar-refractivity contribution in [3.63, 3.8) is 0 Å². The van der Waals surface area contributed by atoms with Crippen LogP contribution in [0, 0.1) is 0 Å². The van der Waals surface area contributed by atoms with Gasteiger partial charge in [-0.2, -0.15) is 0 Å². The standard InChI is InChI=1S/C15H24N2O/c1-2-4-14(18)11-16-10-12-6-7-15-13(9-12)5-3-8-17-15/h6-7,9,14,16-18H,2-5,8,10-11H2,1H3. The fourth-order valence-corrected chi connectivity index (χ4v) is 2.46. The summed E-state index contributed by atoms with van der Waals surface area (Å²) in [6, 6.07) is 6.62. The van der Waals surface area contributed by atoms with Crippen LogP contribution in [0.15, 0.2) is 18.2 Å². The first kappa shape index (κ1) is 13.4. The Balaban J connectivity index is 1.82. The molecule has 0 aliphatic carbocycles. The summed E-state index contributed by atoms with van der Waals surface area (Å²) in [7, 11) is 0. The van der Waals surface area contributed by atoms with Crippen LogP contribution in [-0.2, 0) is 13.0 Å². The van der Waals surface area contributed by atoms with Crippen LogP contribution < -0.4 is 10.6 Å². The summed E-state index contributed by atoms with van der Waals surface area (Å²) in [6.45, 7) is 4.71. The van der Waals surface area contributed by atoms with Crippen molar-refractivity contribution in [1.82, 2.24) is 5.32 Å². The van der Waals surface area contributed by atoms with Gasteiger partial charge in [0.25, 0.3) is 0 Å². The van der Waals surface area contributed by atoms with Gasteiger partial charge < -0.3 is 15.7 Å². The third-order valence-electron chi connectivity index (χ3n) is 3.44. The molecule has 1 aromatic carbocycles. The number of aryl methyl sites for hydroxylation is 1. The van der Waals surface area contributed by atoms with Crippen molar-refractivity contribution < 1.29 is 5.11 Å². The summed E-state index contributed by atoms with van der Waals surface area (Å²) in [5.41, 5.74) is 4.02. The number of aliphatic hydroxyl groups is 1. The van der Waals surface area contributed by atoms with Gasteiger partial charge in [0.05, 0.1) is 6.10 Å². The molecule has 1 atom stereocenters. The lowest BCUT2D eigenvalue weighted by Crippen LogP contribution is -2.26. The summed E-state index contributed by atoms with van der Waals surface area (Å²) in [5, 5.41) is 16.4. The SMILES string of the molecule is CCCC(O)CNCc1ccc2c(c1)CCCN2. The Morgan fingerprint density at radius 1 is 1.44 bits per heavy atom. The van der Waals surface area contributed by atoms with Crippen molar-refractivity contribution in [3.05, 3.63) is 29.3 Å². The van der Waals surface area contributed by atoms with Crippen LogP contribution in [0.25, 0.3) is 0 Å². The first-order chi connectivity index (χ1) is 8.79. The molecular formula is C15H24N2O. The average molecular weight is 248 g/mol. The molecule has 1 heterocycles. The number of benzene rings is 1. The van der Waals surface area contributed by atoms with Crippen molar-refractivity contribution in [2.75, 3.05) is 18.4 Å². The number of hydrogen-bond donors (Lipinski definition) is 3. The van der Waals surface area contributed by atoms with E-state index < -0.39 is 0 Å². The predicted molar refractivity (Wildman–Crippen MR) is 75.9 cm³/mol. The highest BCUT2D eigenvalue weighted by molar-refractivity contribution is 5.54. The van der Waals surface area contributed by atoms with E-state index in [1.807, 2.05) is 0 Å². The Kier molecular flexibility index (Phi) is 5.02. The second kappa shape index (κ2) is 6.76. The molecule has 0 bridgehead atoms. The lowest BCUT2D eigenvalue weighted by atomic mass is 10.0. The second-order valence-electron chi connectivity index (χ2n) is 5.10. The zero-order chi connectivity index (χ0) is 12.8. The number of rotatable bonds is 6. The smallest absolute Gasteiger partial charge is 0.0664 e. The zero-order valence-corrected chi connectivity index (χ0v) is 11.2. The highest BCUT2D eigenvalue weighted by Crippen LogP contribution is 2.22. The highest BCUT2D eigenvalue weighted by Gasteiger charge is 2.08. The van der Waals surface area contributed by atoms with E-state index in [1.165, 1.54) is 29.7 Å². The van der Waals surface area contributed by atoms with Crippen LogP contribution in [0.2, 0.25) is 0 Å². The molecule has 1 aliphatic rings. The maximum Gasteiger partial charge on any atom is 0.0664 e. The van der Waals surface area contributed by atoms with Gasteiger partial charge >= 0.3 is 0 Å². The van der Waals surface area contributed by atoms with Gasteiger partial charge in [-0.3, -0.25) is 0 Å². The number of anilines is 1. The Bertz CT molecular complexity index is 379. The average Bonchev–Trinajstić information content (AvgIpc) is 2.39. The molecule has 0 saturated heterocycles. The van der Waals surface area contributed by atoms with Crippen molar-refractivity contribution in [1.29, 1.82) is 0 Å². The van der Waals surface area contributed by atoms with Crippen molar-refractivity contribution in [2.45, 2.75) is 45.3 Å². The quantitative estimate of drug-likeness (QED) is 0.724. The Labute approximate surface area is 110 Å². The fraction of sp³-hybridized carbons (Fsp3) is 0.600. The van der Waals surface area contributed by atoms with E-state index in [-0.39, 0.29) is 6.10 Å². The van der Waals surface area contributed by atoms with Crippen LogP contribution in [0.4, 0.5) is 5.69 Å². The third-order valence-corrected chi connectivity index (χ3v) is 3.44. The van der Waals surface area contributed by atoms with E-state index in [4.69, 9.17) is 0 Å². The molecule has 3 nitrogen and oxygen atoms in total. The van der Waals surface area contributed by atoms with E-state index in [0.717, 1.165) is 25.9 Å². The third kappa shape index (κ3) is 3.72. The maximum absolute atomic E-state index is 9.65. The minimum absolute atomic E-state index is 0.214. The summed E-state index contributed by atoms with van der Waals surface area (Å²) >= 11 is 0. The molecule has 0 saturated carbocycles. The Morgan fingerprint density at radius 2 is 2.33 bits per heavy atom. The topological polar surface area (TPSA) is 44.3 Å². The number of fused-ring (bicyclic) bond motifs is 1. The first-order valence-corrected chi connectivity index (χ1v) is 7.04. The zero-order valence-electron chi connectivity index (χ0n) is 11.2. The predicted octanol–water partition coefficient (Wildman–Crippen LogP) is 2.30. The van der Waals surface area contributed by atoms with Crippen LogP contribution in [0.3, 0.4) is 0 Å². The Morgan fingerprint density at radius 3 is 3.17 bits per heavy atom. The lowest BCUT2D eigenvalue weighted by molar-refractivity contribution is 0.160. The van der Waals surface area contributed by atoms with E-state index in [1.54, 1.807) is 0 Å². The van der Waals surface area contributed by atoms with Crippen LogP contribution in [0.1, 0.15) is 37.3 Å².